The molecular formula is C17H28N2O. The maximum absolute atomic E-state index is 6.18. The largest absolute Gasteiger partial charge is 0.497 e. The van der Waals surface area contributed by atoms with E-state index in [2.05, 4.69) is 37.9 Å². The highest BCUT2D eigenvalue weighted by Crippen LogP contribution is 2.48. The predicted molar refractivity (Wildman–Crippen MR) is 83.9 cm³/mol. The first-order valence-corrected chi connectivity index (χ1v) is 7.49. The second-order valence-electron chi connectivity index (χ2n) is 6.68. The summed E-state index contributed by atoms with van der Waals surface area (Å²) >= 11 is 0. The van der Waals surface area contributed by atoms with Crippen molar-refractivity contribution in [2.45, 2.75) is 45.2 Å². The van der Waals surface area contributed by atoms with Crippen molar-refractivity contribution in [3.63, 3.8) is 0 Å². The third-order valence-electron chi connectivity index (χ3n) is 5.30. The van der Waals surface area contributed by atoms with Crippen LogP contribution in [-0.2, 0) is 6.54 Å². The van der Waals surface area contributed by atoms with Crippen LogP contribution in [0.4, 0.5) is 0 Å². The van der Waals surface area contributed by atoms with Crippen LogP contribution in [-0.4, -0.2) is 31.1 Å². The van der Waals surface area contributed by atoms with Gasteiger partial charge >= 0.3 is 0 Å². The van der Waals surface area contributed by atoms with Crippen LogP contribution >= 0.6 is 0 Å². The Hall–Kier alpha value is -1.06. The Kier molecular flexibility index (Phi) is 4.40. The number of benzene rings is 1. The average Bonchev–Trinajstić information content (AvgIpc) is 2.75. The number of methoxy groups -OCH3 is 1. The Morgan fingerprint density at radius 3 is 2.30 bits per heavy atom. The molecule has 0 heterocycles. The van der Waals surface area contributed by atoms with Crippen LogP contribution in [0.2, 0.25) is 0 Å². The van der Waals surface area contributed by atoms with Gasteiger partial charge in [0.15, 0.2) is 0 Å². The lowest BCUT2D eigenvalue weighted by Gasteiger charge is -2.48. The highest BCUT2D eigenvalue weighted by molar-refractivity contribution is 5.27. The molecule has 0 radical (unpaired) electrons. The summed E-state index contributed by atoms with van der Waals surface area (Å²) in [6, 6.07) is 8.33. The lowest BCUT2D eigenvalue weighted by molar-refractivity contribution is 0.0276. The molecule has 20 heavy (non-hydrogen) atoms. The maximum Gasteiger partial charge on any atom is 0.118 e. The summed E-state index contributed by atoms with van der Waals surface area (Å²) in [6.07, 6.45) is 3.73. The fourth-order valence-corrected chi connectivity index (χ4v) is 3.79. The molecule has 0 spiro atoms. The van der Waals surface area contributed by atoms with Crippen molar-refractivity contribution in [1.82, 2.24) is 4.90 Å². The zero-order chi connectivity index (χ0) is 14.8. The van der Waals surface area contributed by atoms with Gasteiger partial charge < -0.3 is 10.5 Å². The minimum Gasteiger partial charge on any atom is -0.497 e. The maximum atomic E-state index is 6.18. The number of rotatable bonds is 5. The molecule has 1 aliphatic rings. The quantitative estimate of drug-likeness (QED) is 0.898. The van der Waals surface area contributed by atoms with E-state index in [0.29, 0.717) is 0 Å². The Balaban J connectivity index is 2.15. The molecule has 1 fully saturated rings. The van der Waals surface area contributed by atoms with E-state index >= 15 is 0 Å². The number of ether oxygens (including phenoxy) is 1. The Labute approximate surface area is 123 Å². The van der Waals surface area contributed by atoms with E-state index in [4.69, 9.17) is 10.5 Å². The zero-order valence-corrected chi connectivity index (χ0v) is 13.3. The van der Waals surface area contributed by atoms with Crippen LogP contribution in [0.25, 0.3) is 0 Å². The van der Waals surface area contributed by atoms with Gasteiger partial charge in [0.1, 0.15) is 5.75 Å². The molecule has 0 bridgehead atoms. The Morgan fingerprint density at radius 2 is 1.85 bits per heavy atom. The molecule has 1 aromatic carbocycles. The molecule has 1 atom stereocenters. The second kappa shape index (κ2) is 5.74. The standard InChI is InChI=1S/C17H28N2O/c1-16(2)10-5-11-17(16,13-18)19(3)12-14-6-8-15(20-4)9-7-14/h6-9H,5,10-13,18H2,1-4H3. The van der Waals surface area contributed by atoms with Crippen molar-refractivity contribution < 1.29 is 4.74 Å². The summed E-state index contributed by atoms with van der Waals surface area (Å²) in [6.45, 7) is 6.38. The SMILES string of the molecule is COc1ccc(CN(C)C2(CN)CCCC2(C)C)cc1. The smallest absolute Gasteiger partial charge is 0.118 e. The van der Waals surface area contributed by atoms with E-state index < -0.39 is 0 Å². The van der Waals surface area contributed by atoms with Crippen molar-refractivity contribution in [2.24, 2.45) is 11.1 Å². The van der Waals surface area contributed by atoms with E-state index in [9.17, 15) is 0 Å². The number of nitrogens with zero attached hydrogens (tertiary/aromatic N) is 1. The molecule has 1 aliphatic carbocycles. The molecule has 0 aromatic heterocycles. The Bertz CT molecular complexity index is 441. The van der Waals surface area contributed by atoms with Gasteiger partial charge in [-0.05, 0) is 43.0 Å². The summed E-state index contributed by atoms with van der Waals surface area (Å²) < 4.78 is 5.21. The third kappa shape index (κ3) is 2.57. The number of hydrogen-bond acceptors (Lipinski definition) is 3. The van der Waals surface area contributed by atoms with E-state index in [1.165, 1.54) is 24.8 Å². The van der Waals surface area contributed by atoms with E-state index in [-0.39, 0.29) is 11.0 Å². The molecular weight excluding hydrogens is 248 g/mol. The van der Waals surface area contributed by atoms with Crippen molar-refractivity contribution in [3.8, 4) is 5.75 Å². The van der Waals surface area contributed by atoms with Crippen LogP contribution in [0.15, 0.2) is 24.3 Å². The number of hydrogen-bond donors (Lipinski definition) is 1. The lowest BCUT2D eigenvalue weighted by Crippen LogP contribution is -2.57. The van der Waals surface area contributed by atoms with Crippen LogP contribution in [0, 0.1) is 5.41 Å². The third-order valence-corrected chi connectivity index (χ3v) is 5.30. The minimum absolute atomic E-state index is 0.118. The average molecular weight is 276 g/mol. The topological polar surface area (TPSA) is 38.5 Å². The van der Waals surface area contributed by atoms with Gasteiger partial charge in [-0.3, -0.25) is 4.90 Å². The minimum atomic E-state index is 0.118. The fourth-order valence-electron chi connectivity index (χ4n) is 3.79. The van der Waals surface area contributed by atoms with Crippen LogP contribution in [0.1, 0.15) is 38.7 Å². The monoisotopic (exact) mass is 276 g/mol. The van der Waals surface area contributed by atoms with Crippen LogP contribution < -0.4 is 10.5 Å². The zero-order valence-electron chi connectivity index (χ0n) is 13.3. The first-order chi connectivity index (χ1) is 9.45. The first-order valence-electron chi connectivity index (χ1n) is 7.49. The molecule has 1 saturated carbocycles. The molecule has 3 nitrogen and oxygen atoms in total. The van der Waals surface area contributed by atoms with Gasteiger partial charge in [-0.25, -0.2) is 0 Å². The van der Waals surface area contributed by atoms with Gasteiger partial charge in [0.2, 0.25) is 0 Å². The van der Waals surface area contributed by atoms with E-state index in [1.807, 2.05) is 12.1 Å². The molecule has 1 aromatic rings. The summed E-state index contributed by atoms with van der Waals surface area (Å²) in [5.74, 6) is 0.908. The van der Waals surface area contributed by atoms with Crippen molar-refractivity contribution in [1.29, 1.82) is 0 Å². The molecule has 2 N–H and O–H groups in total. The van der Waals surface area contributed by atoms with Gasteiger partial charge in [0, 0.05) is 18.6 Å². The van der Waals surface area contributed by atoms with Crippen molar-refractivity contribution in [3.05, 3.63) is 29.8 Å². The van der Waals surface area contributed by atoms with Crippen LogP contribution in [0.3, 0.4) is 0 Å². The molecule has 1 unspecified atom stereocenters. The molecule has 3 heteroatoms. The molecule has 0 aliphatic heterocycles. The van der Waals surface area contributed by atoms with Gasteiger partial charge in [-0.15, -0.1) is 0 Å². The van der Waals surface area contributed by atoms with Crippen molar-refractivity contribution in [2.75, 3.05) is 20.7 Å². The van der Waals surface area contributed by atoms with E-state index in [0.717, 1.165) is 18.8 Å². The number of likely N-dealkylation sites (N-methyl/N-ethyl adjacent to an activating group) is 1. The summed E-state index contributed by atoms with van der Waals surface area (Å²) in [4.78, 5) is 2.46. The second-order valence-corrected chi connectivity index (χ2v) is 6.68. The normalized spacial score (nSPS) is 25.1. The highest BCUT2D eigenvalue weighted by atomic mass is 16.5. The number of nitrogens with two attached hydrogens (primary N) is 1. The molecule has 112 valence electrons. The Morgan fingerprint density at radius 1 is 1.20 bits per heavy atom. The summed E-state index contributed by atoms with van der Waals surface area (Å²) in [5.41, 5.74) is 7.89. The molecule has 2 rings (SSSR count). The molecule has 0 amide bonds. The van der Waals surface area contributed by atoms with Gasteiger partial charge in [-0.2, -0.15) is 0 Å². The first kappa shape index (κ1) is 15.3. The summed E-state index contributed by atoms with van der Waals surface area (Å²) in [5, 5.41) is 0. The molecule has 0 saturated heterocycles. The van der Waals surface area contributed by atoms with Gasteiger partial charge in [-0.1, -0.05) is 32.4 Å². The summed E-state index contributed by atoms with van der Waals surface area (Å²) in [7, 11) is 3.91. The highest BCUT2D eigenvalue weighted by Gasteiger charge is 2.50. The predicted octanol–water partition coefficient (Wildman–Crippen LogP) is 3.03. The van der Waals surface area contributed by atoms with Crippen LogP contribution in [0.5, 0.6) is 5.75 Å². The lowest BCUT2D eigenvalue weighted by atomic mass is 9.73. The van der Waals surface area contributed by atoms with E-state index in [1.54, 1.807) is 7.11 Å². The van der Waals surface area contributed by atoms with Crippen molar-refractivity contribution >= 4 is 0 Å². The fraction of sp³-hybridized carbons (Fsp3) is 0.647. The van der Waals surface area contributed by atoms with Gasteiger partial charge in [0.05, 0.1) is 7.11 Å². The van der Waals surface area contributed by atoms with Gasteiger partial charge in [0.25, 0.3) is 0 Å².